The molecule has 0 spiro atoms. The summed E-state index contributed by atoms with van der Waals surface area (Å²) < 4.78 is 0. The molecule has 0 aromatic carbocycles. The van der Waals surface area contributed by atoms with E-state index in [1.165, 1.54) is 32.5 Å². The quantitative estimate of drug-likeness (QED) is 0.786. The van der Waals surface area contributed by atoms with E-state index in [4.69, 9.17) is 0 Å². The number of piperazine rings is 1. The number of nitrogens with zero attached hydrogens (tertiary/aromatic N) is 2. The van der Waals surface area contributed by atoms with Crippen molar-refractivity contribution in [2.75, 3.05) is 33.7 Å². The van der Waals surface area contributed by atoms with Crippen molar-refractivity contribution >= 4 is 0 Å². The highest BCUT2D eigenvalue weighted by Gasteiger charge is 2.44. The number of nitrogens with one attached hydrogen (secondary N) is 1. The van der Waals surface area contributed by atoms with E-state index in [9.17, 15) is 0 Å². The van der Waals surface area contributed by atoms with Gasteiger partial charge in [-0.3, -0.25) is 4.90 Å². The summed E-state index contributed by atoms with van der Waals surface area (Å²) in [5, 5.41) is 3.57. The molecule has 3 unspecified atom stereocenters. The van der Waals surface area contributed by atoms with Gasteiger partial charge in [0.25, 0.3) is 0 Å². The van der Waals surface area contributed by atoms with Gasteiger partial charge in [-0.15, -0.1) is 0 Å². The minimum absolute atomic E-state index is 0.450. The lowest BCUT2D eigenvalue weighted by atomic mass is 9.86. The van der Waals surface area contributed by atoms with Crippen LogP contribution in [0.25, 0.3) is 0 Å². The monoisotopic (exact) mass is 239 g/mol. The molecule has 2 rings (SSSR count). The van der Waals surface area contributed by atoms with Gasteiger partial charge in [0.1, 0.15) is 0 Å². The van der Waals surface area contributed by atoms with E-state index >= 15 is 0 Å². The second-order valence-corrected chi connectivity index (χ2v) is 6.69. The highest BCUT2D eigenvalue weighted by atomic mass is 15.3. The largest absolute Gasteiger partial charge is 0.315 e. The van der Waals surface area contributed by atoms with Gasteiger partial charge in [0.2, 0.25) is 0 Å². The maximum atomic E-state index is 3.57. The second kappa shape index (κ2) is 4.87. The first-order valence-electron chi connectivity index (χ1n) is 7.07. The van der Waals surface area contributed by atoms with Crippen LogP contribution in [-0.4, -0.2) is 61.7 Å². The zero-order chi connectivity index (χ0) is 12.6. The molecular formula is C14H29N3. The molecule has 100 valence electrons. The molecule has 0 aromatic heterocycles. The minimum atomic E-state index is 0.450. The van der Waals surface area contributed by atoms with Crippen LogP contribution in [0.3, 0.4) is 0 Å². The van der Waals surface area contributed by atoms with E-state index in [0.717, 1.165) is 6.04 Å². The molecule has 2 fully saturated rings. The first kappa shape index (κ1) is 13.3. The molecular weight excluding hydrogens is 210 g/mol. The van der Waals surface area contributed by atoms with Gasteiger partial charge < -0.3 is 10.2 Å². The van der Waals surface area contributed by atoms with Gasteiger partial charge in [-0.05, 0) is 39.3 Å². The molecule has 1 saturated carbocycles. The molecule has 1 N–H and O–H groups in total. The SMILES string of the molecule is CNC1C(N2CCN(C)C(C)C2)CCC1(C)C. The molecule has 0 radical (unpaired) electrons. The zero-order valence-electron chi connectivity index (χ0n) is 12.2. The first-order chi connectivity index (χ1) is 7.95. The zero-order valence-corrected chi connectivity index (χ0v) is 12.2. The summed E-state index contributed by atoms with van der Waals surface area (Å²) in [7, 11) is 4.38. The van der Waals surface area contributed by atoms with Gasteiger partial charge in [-0.2, -0.15) is 0 Å². The van der Waals surface area contributed by atoms with Gasteiger partial charge >= 0.3 is 0 Å². The molecule has 0 bridgehead atoms. The van der Waals surface area contributed by atoms with Crippen LogP contribution in [0.4, 0.5) is 0 Å². The number of hydrogen-bond donors (Lipinski definition) is 1. The van der Waals surface area contributed by atoms with Crippen molar-refractivity contribution in [3.8, 4) is 0 Å². The highest BCUT2D eigenvalue weighted by Crippen LogP contribution is 2.40. The van der Waals surface area contributed by atoms with Gasteiger partial charge in [0, 0.05) is 37.8 Å². The Morgan fingerprint density at radius 2 is 1.94 bits per heavy atom. The summed E-state index contributed by atoms with van der Waals surface area (Å²) in [5.41, 5.74) is 0.450. The summed E-state index contributed by atoms with van der Waals surface area (Å²) >= 11 is 0. The fourth-order valence-corrected chi connectivity index (χ4v) is 3.72. The molecule has 1 aliphatic carbocycles. The first-order valence-corrected chi connectivity index (χ1v) is 7.07. The maximum absolute atomic E-state index is 3.57. The molecule has 3 nitrogen and oxygen atoms in total. The van der Waals surface area contributed by atoms with Crippen LogP contribution < -0.4 is 5.32 Å². The molecule has 2 aliphatic rings. The fourth-order valence-electron chi connectivity index (χ4n) is 3.72. The van der Waals surface area contributed by atoms with Gasteiger partial charge in [0.15, 0.2) is 0 Å². The molecule has 17 heavy (non-hydrogen) atoms. The molecule has 3 atom stereocenters. The average molecular weight is 239 g/mol. The van der Waals surface area contributed by atoms with Gasteiger partial charge in [-0.25, -0.2) is 0 Å². The Morgan fingerprint density at radius 3 is 2.53 bits per heavy atom. The van der Waals surface area contributed by atoms with Crippen LogP contribution in [0.5, 0.6) is 0 Å². The Labute approximate surface area is 107 Å². The number of rotatable bonds is 2. The van der Waals surface area contributed by atoms with Crippen LogP contribution in [-0.2, 0) is 0 Å². The molecule has 1 heterocycles. The fraction of sp³-hybridized carbons (Fsp3) is 1.00. The standard InChI is InChI=1S/C14H29N3/c1-11-10-17(9-8-16(11)5)12-6-7-14(2,3)13(12)15-4/h11-13,15H,6-10H2,1-5H3. The topological polar surface area (TPSA) is 18.5 Å². The van der Waals surface area contributed by atoms with Gasteiger partial charge in [-0.1, -0.05) is 13.8 Å². The van der Waals surface area contributed by atoms with Crippen molar-refractivity contribution in [3.05, 3.63) is 0 Å². The van der Waals surface area contributed by atoms with Crippen molar-refractivity contribution in [1.82, 2.24) is 15.1 Å². The van der Waals surface area contributed by atoms with E-state index < -0.39 is 0 Å². The predicted molar refractivity (Wildman–Crippen MR) is 73.3 cm³/mol. The van der Waals surface area contributed by atoms with Crippen molar-refractivity contribution in [2.45, 2.75) is 51.7 Å². The minimum Gasteiger partial charge on any atom is -0.315 e. The Morgan fingerprint density at radius 1 is 1.24 bits per heavy atom. The summed E-state index contributed by atoms with van der Waals surface area (Å²) in [5.74, 6) is 0. The van der Waals surface area contributed by atoms with Crippen molar-refractivity contribution in [3.63, 3.8) is 0 Å². The maximum Gasteiger partial charge on any atom is 0.0271 e. The molecule has 0 amide bonds. The lowest BCUT2D eigenvalue weighted by Gasteiger charge is -2.44. The van der Waals surface area contributed by atoms with Crippen LogP contribution in [0.2, 0.25) is 0 Å². The van der Waals surface area contributed by atoms with Crippen LogP contribution >= 0.6 is 0 Å². The van der Waals surface area contributed by atoms with E-state index in [-0.39, 0.29) is 0 Å². The molecule has 1 saturated heterocycles. The van der Waals surface area contributed by atoms with E-state index in [2.05, 4.69) is 50.0 Å². The summed E-state index contributed by atoms with van der Waals surface area (Å²) in [6.45, 7) is 10.9. The van der Waals surface area contributed by atoms with E-state index in [1.54, 1.807) is 0 Å². The molecule has 3 heteroatoms. The van der Waals surface area contributed by atoms with Gasteiger partial charge in [0.05, 0.1) is 0 Å². The Hall–Kier alpha value is -0.120. The third-order valence-electron chi connectivity index (χ3n) is 5.08. The Balaban J connectivity index is 2.03. The van der Waals surface area contributed by atoms with Crippen molar-refractivity contribution in [2.24, 2.45) is 5.41 Å². The summed E-state index contributed by atoms with van der Waals surface area (Å²) in [6.07, 6.45) is 2.71. The van der Waals surface area contributed by atoms with Crippen molar-refractivity contribution in [1.29, 1.82) is 0 Å². The predicted octanol–water partition coefficient (Wildman–Crippen LogP) is 1.40. The van der Waals surface area contributed by atoms with E-state index in [0.29, 0.717) is 17.5 Å². The number of hydrogen-bond acceptors (Lipinski definition) is 3. The number of likely N-dealkylation sites (N-methyl/N-ethyl adjacent to an activating group) is 2. The lowest BCUT2D eigenvalue weighted by Crippen LogP contribution is -2.58. The lowest BCUT2D eigenvalue weighted by molar-refractivity contribution is 0.0574. The Bertz CT molecular complexity index is 264. The molecule has 1 aliphatic heterocycles. The normalized spacial score (nSPS) is 39.7. The third-order valence-corrected chi connectivity index (χ3v) is 5.08. The van der Waals surface area contributed by atoms with E-state index in [1.807, 2.05) is 0 Å². The summed E-state index contributed by atoms with van der Waals surface area (Å²) in [4.78, 5) is 5.20. The molecule has 0 aromatic rings. The average Bonchev–Trinajstić information content (AvgIpc) is 2.57. The van der Waals surface area contributed by atoms with Crippen LogP contribution in [0.1, 0.15) is 33.6 Å². The smallest absolute Gasteiger partial charge is 0.0271 e. The highest BCUT2D eigenvalue weighted by molar-refractivity contribution is 5.01. The van der Waals surface area contributed by atoms with Crippen LogP contribution in [0, 0.1) is 5.41 Å². The third kappa shape index (κ3) is 2.51. The second-order valence-electron chi connectivity index (χ2n) is 6.69. The van der Waals surface area contributed by atoms with Crippen molar-refractivity contribution < 1.29 is 0 Å². The summed E-state index contributed by atoms with van der Waals surface area (Å²) in [6, 6.07) is 2.09. The Kier molecular flexibility index (Phi) is 3.81. The van der Waals surface area contributed by atoms with Crippen LogP contribution in [0.15, 0.2) is 0 Å².